The molecule has 1 aliphatic heterocycles. The van der Waals surface area contributed by atoms with Crippen molar-refractivity contribution in [1.82, 2.24) is 5.32 Å². The molecule has 0 aromatic heterocycles. The van der Waals surface area contributed by atoms with Crippen LogP contribution in [0.2, 0.25) is 0 Å². The van der Waals surface area contributed by atoms with Crippen molar-refractivity contribution >= 4 is 39.2 Å². The number of hydrogen-bond acceptors (Lipinski definition) is 3. The van der Waals surface area contributed by atoms with Crippen molar-refractivity contribution in [3.05, 3.63) is 28.0 Å². The fraction of sp³-hybridized carbons (Fsp3) is 0.308. The maximum atomic E-state index is 13.5. The molecule has 1 aromatic carbocycles. The van der Waals surface area contributed by atoms with E-state index < -0.39 is 17.5 Å². The van der Waals surface area contributed by atoms with E-state index in [2.05, 4.69) is 21.2 Å². The maximum Gasteiger partial charge on any atom is 0.299 e. The smallest absolute Gasteiger partial charge is 0.299 e. The molecule has 0 bridgehead atoms. The van der Waals surface area contributed by atoms with Gasteiger partial charge in [-0.3, -0.25) is 14.4 Å². The molecule has 20 heavy (non-hydrogen) atoms. The van der Waals surface area contributed by atoms with Gasteiger partial charge >= 0.3 is 0 Å². The molecule has 0 fully saturated rings. The van der Waals surface area contributed by atoms with E-state index in [0.717, 1.165) is 6.07 Å². The fourth-order valence-electron chi connectivity index (χ4n) is 2.03. The van der Waals surface area contributed by atoms with Gasteiger partial charge in [0.25, 0.3) is 11.7 Å². The number of benzene rings is 1. The molecule has 1 N–H and O–H groups in total. The number of Topliss-reactive ketones (excluding diaryl/α,β-unsaturated/α-hetero) is 1. The van der Waals surface area contributed by atoms with Crippen molar-refractivity contribution in [3.63, 3.8) is 0 Å². The van der Waals surface area contributed by atoms with Gasteiger partial charge in [-0.2, -0.15) is 0 Å². The van der Waals surface area contributed by atoms with E-state index in [1.807, 2.05) is 0 Å². The molecule has 5 nitrogen and oxygen atoms in total. The quantitative estimate of drug-likeness (QED) is 0.846. The van der Waals surface area contributed by atoms with Crippen molar-refractivity contribution in [2.75, 3.05) is 18.5 Å². The number of anilines is 1. The Balaban J connectivity index is 2.20. The summed E-state index contributed by atoms with van der Waals surface area (Å²) in [4.78, 5) is 36.0. The molecule has 1 aliphatic rings. The molecule has 0 saturated heterocycles. The largest absolute Gasteiger partial charge is 0.359 e. The second kappa shape index (κ2) is 5.70. The Kier molecular flexibility index (Phi) is 4.17. The highest BCUT2D eigenvalue weighted by Crippen LogP contribution is 2.33. The van der Waals surface area contributed by atoms with E-state index in [-0.39, 0.29) is 34.6 Å². The van der Waals surface area contributed by atoms with Crippen LogP contribution < -0.4 is 10.2 Å². The molecule has 2 rings (SSSR count). The number of ketones is 1. The van der Waals surface area contributed by atoms with E-state index in [1.54, 1.807) is 0 Å². The van der Waals surface area contributed by atoms with E-state index in [4.69, 9.17) is 0 Å². The van der Waals surface area contributed by atoms with Crippen molar-refractivity contribution in [3.8, 4) is 0 Å². The number of fused-ring (bicyclic) bond motifs is 1. The van der Waals surface area contributed by atoms with Gasteiger partial charge in [0, 0.05) is 20.0 Å². The number of halogens is 2. The molecule has 2 amide bonds. The van der Waals surface area contributed by atoms with Crippen molar-refractivity contribution in [2.24, 2.45) is 0 Å². The summed E-state index contributed by atoms with van der Waals surface area (Å²) in [6.07, 6.45) is 0.638. The molecule has 0 saturated carbocycles. The summed E-state index contributed by atoms with van der Waals surface area (Å²) < 4.78 is 13.7. The highest BCUT2D eigenvalue weighted by atomic mass is 79.9. The summed E-state index contributed by atoms with van der Waals surface area (Å²) in [5.74, 6) is -2.03. The van der Waals surface area contributed by atoms with E-state index in [9.17, 15) is 18.8 Å². The molecule has 0 aliphatic carbocycles. The predicted octanol–water partition coefficient (Wildman–Crippen LogP) is 1.64. The Morgan fingerprint density at radius 1 is 1.40 bits per heavy atom. The fourth-order valence-corrected chi connectivity index (χ4v) is 2.38. The topological polar surface area (TPSA) is 66.5 Å². The van der Waals surface area contributed by atoms with Crippen LogP contribution in [0.15, 0.2) is 16.6 Å². The lowest BCUT2D eigenvalue weighted by Crippen LogP contribution is -2.31. The van der Waals surface area contributed by atoms with Crippen LogP contribution in [0.5, 0.6) is 0 Å². The van der Waals surface area contributed by atoms with Gasteiger partial charge in [-0.15, -0.1) is 0 Å². The molecule has 0 radical (unpaired) electrons. The number of nitrogens with one attached hydrogen (secondary N) is 1. The van der Waals surface area contributed by atoms with Crippen molar-refractivity contribution < 1.29 is 18.8 Å². The molecule has 0 spiro atoms. The van der Waals surface area contributed by atoms with E-state index >= 15 is 0 Å². The Labute approximate surface area is 123 Å². The van der Waals surface area contributed by atoms with Gasteiger partial charge in [0.05, 0.1) is 15.7 Å². The Morgan fingerprint density at radius 3 is 2.75 bits per heavy atom. The molecule has 1 heterocycles. The zero-order chi connectivity index (χ0) is 14.9. The minimum absolute atomic E-state index is 0.143. The lowest BCUT2D eigenvalue weighted by atomic mass is 10.1. The molecule has 106 valence electrons. The van der Waals surface area contributed by atoms with Crippen molar-refractivity contribution in [1.29, 1.82) is 0 Å². The minimum atomic E-state index is -0.686. The number of carbonyl (C=O) groups is 3. The first kappa shape index (κ1) is 14.6. The van der Waals surface area contributed by atoms with Crippen molar-refractivity contribution in [2.45, 2.75) is 12.8 Å². The zero-order valence-corrected chi connectivity index (χ0v) is 12.3. The molecule has 0 unspecified atom stereocenters. The third-order valence-corrected chi connectivity index (χ3v) is 3.69. The number of amides is 2. The predicted molar refractivity (Wildman–Crippen MR) is 74.1 cm³/mol. The van der Waals surface area contributed by atoms with Crippen LogP contribution in [0.4, 0.5) is 10.1 Å². The third-order valence-electron chi connectivity index (χ3n) is 3.08. The Morgan fingerprint density at radius 2 is 2.10 bits per heavy atom. The van der Waals surface area contributed by atoms with Gasteiger partial charge in [-0.1, -0.05) is 0 Å². The van der Waals surface area contributed by atoms with Crippen LogP contribution in [0.1, 0.15) is 23.2 Å². The summed E-state index contributed by atoms with van der Waals surface area (Å²) in [6, 6.07) is 2.46. The number of nitrogens with zero attached hydrogens (tertiary/aromatic N) is 1. The summed E-state index contributed by atoms with van der Waals surface area (Å²) in [6.45, 7) is 0.200. The highest BCUT2D eigenvalue weighted by molar-refractivity contribution is 9.10. The second-order valence-corrected chi connectivity index (χ2v) is 5.20. The zero-order valence-electron chi connectivity index (χ0n) is 10.7. The van der Waals surface area contributed by atoms with E-state index in [0.29, 0.717) is 6.42 Å². The standard InChI is InChI=1S/C13H12BrFN2O3/c1-16-11(18)3-2-4-17-10-6-9(15)8(14)5-7(10)12(19)13(17)20/h5-6H,2-4H2,1H3,(H,16,18). The Hall–Kier alpha value is -1.76. The van der Waals surface area contributed by atoms with Crippen LogP contribution in [0.25, 0.3) is 0 Å². The SMILES string of the molecule is CNC(=O)CCCN1C(=O)C(=O)c2cc(Br)c(F)cc21. The first-order valence-electron chi connectivity index (χ1n) is 6.01. The Bertz CT molecular complexity index is 604. The molecular weight excluding hydrogens is 331 g/mol. The van der Waals surface area contributed by atoms with Crippen LogP contribution in [0.3, 0.4) is 0 Å². The van der Waals surface area contributed by atoms with Gasteiger partial charge in [-0.05, 0) is 34.5 Å². The van der Waals surface area contributed by atoms with Crippen LogP contribution in [-0.4, -0.2) is 31.2 Å². The molecule has 0 atom stereocenters. The number of carbonyl (C=O) groups excluding carboxylic acids is 3. The van der Waals surface area contributed by atoms with Gasteiger partial charge in [0.1, 0.15) is 5.82 Å². The minimum Gasteiger partial charge on any atom is -0.359 e. The van der Waals surface area contributed by atoms with Gasteiger partial charge in [-0.25, -0.2) is 4.39 Å². The normalized spacial score (nSPS) is 13.7. The molecule has 1 aromatic rings. The highest BCUT2D eigenvalue weighted by Gasteiger charge is 2.36. The average Bonchev–Trinajstić information content (AvgIpc) is 2.64. The van der Waals surface area contributed by atoms with Crippen LogP contribution >= 0.6 is 15.9 Å². The maximum absolute atomic E-state index is 13.5. The lowest BCUT2D eigenvalue weighted by Gasteiger charge is -2.16. The summed E-state index contributed by atoms with van der Waals surface area (Å²) in [7, 11) is 1.52. The van der Waals surface area contributed by atoms with Gasteiger partial charge in [0.2, 0.25) is 5.91 Å². The van der Waals surface area contributed by atoms with Gasteiger partial charge in [0.15, 0.2) is 0 Å². The third kappa shape index (κ3) is 2.58. The summed E-state index contributed by atoms with van der Waals surface area (Å²) in [5, 5.41) is 2.47. The number of hydrogen-bond donors (Lipinski definition) is 1. The van der Waals surface area contributed by atoms with Crippen LogP contribution in [0, 0.1) is 5.82 Å². The monoisotopic (exact) mass is 342 g/mol. The first-order chi connectivity index (χ1) is 9.45. The second-order valence-electron chi connectivity index (χ2n) is 4.35. The summed E-state index contributed by atoms with van der Waals surface area (Å²) >= 11 is 2.99. The van der Waals surface area contributed by atoms with Gasteiger partial charge < -0.3 is 10.2 Å². The summed E-state index contributed by atoms with van der Waals surface area (Å²) in [5.41, 5.74) is 0.445. The molecule has 7 heteroatoms. The number of rotatable bonds is 4. The van der Waals surface area contributed by atoms with Crippen LogP contribution in [-0.2, 0) is 9.59 Å². The average molecular weight is 343 g/mol. The molecular formula is C13H12BrFN2O3. The lowest BCUT2D eigenvalue weighted by molar-refractivity contribution is -0.121. The van der Waals surface area contributed by atoms with E-state index in [1.165, 1.54) is 18.0 Å². The first-order valence-corrected chi connectivity index (χ1v) is 6.81.